The van der Waals surface area contributed by atoms with Crippen LogP contribution in [-0.2, 0) is 6.42 Å². The average molecular weight is 299 g/mol. The quantitative estimate of drug-likeness (QED) is 0.852. The van der Waals surface area contributed by atoms with E-state index >= 15 is 0 Å². The molecule has 1 saturated heterocycles. The van der Waals surface area contributed by atoms with Crippen molar-refractivity contribution in [3.63, 3.8) is 0 Å². The maximum Gasteiger partial charge on any atom is 0.244 e. The summed E-state index contributed by atoms with van der Waals surface area (Å²) in [6.45, 7) is 8.51. The molecule has 2 aromatic rings. The molecule has 3 heterocycles. The summed E-state index contributed by atoms with van der Waals surface area (Å²) in [6, 6.07) is 6.36. The number of aromatic nitrogens is 2. The van der Waals surface area contributed by atoms with Crippen LogP contribution >= 0.6 is 0 Å². The van der Waals surface area contributed by atoms with Crippen LogP contribution in [0, 0.1) is 0 Å². The number of hydrogen-bond donors (Lipinski definition) is 0. The molecule has 2 aliphatic heterocycles. The van der Waals surface area contributed by atoms with Gasteiger partial charge in [-0.15, -0.1) is 0 Å². The van der Waals surface area contributed by atoms with E-state index in [9.17, 15) is 0 Å². The molecule has 0 bridgehead atoms. The number of hydrogen-bond acceptors (Lipinski definition) is 5. The van der Waals surface area contributed by atoms with Gasteiger partial charge in [0.2, 0.25) is 11.7 Å². The van der Waals surface area contributed by atoms with E-state index in [1.54, 1.807) is 0 Å². The second kappa shape index (κ2) is 4.81. The van der Waals surface area contributed by atoms with Gasteiger partial charge in [-0.1, -0.05) is 5.16 Å². The zero-order chi connectivity index (χ0) is 15.3. The third-order valence-corrected chi connectivity index (χ3v) is 4.56. The van der Waals surface area contributed by atoms with Crippen LogP contribution in [-0.4, -0.2) is 33.7 Å². The molecule has 4 rings (SSSR count). The van der Waals surface area contributed by atoms with Gasteiger partial charge in [0.25, 0.3) is 0 Å². The van der Waals surface area contributed by atoms with E-state index in [-0.39, 0.29) is 11.6 Å². The lowest BCUT2D eigenvalue weighted by molar-refractivity contribution is -0.0159. The summed E-state index contributed by atoms with van der Waals surface area (Å²) >= 11 is 0. The number of benzene rings is 1. The topological polar surface area (TPSA) is 51.4 Å². The highest BCUT2D eigenvalue weighted by Crippen LogP contribution is 2.39. The Balaban J connectivity index is 1.60. The minimum absolute atomic E-state index is 0.127. The van der Waals surface area contributed by atoms with Gasteiger partial charge in [-0.25, -0.2) is 0 Å². The molecule has 2 aliphatic rings. The third kappa shape index (κ3) is 2.20. The zero-order valence-electron chi connectivity index (χ0n) is 13.3. The molecule has 0 N–H and O–H groups in total. The van der Waals surface area contributed by atoms with Crippen LogP contribution in [0.25, 0.3) is 11.4 Å². The highest BCUT2D eigenvalue weighted by molar-refractivity contribution is 5.59. The number of likely N-dealkylation sites (tertiary alicyclic amines) is 1. The van der Waals surface area contributed by atoms with E-state index in [0.717, 1.165) is 43.2 Å². The first-order valence-corrected chi connectivity index (χ1v) is 7.89. The van der Waals surface area contributed by atoms with E-state index in [2.05, 4.69) is 41.9 Å². The first-order valence-electron chi connectivity index (χ1n) is 7.89. The van der Waals surface area contributed by atoms with E-state index < -0.39 is 0 Å². The van der Waals surface area contributed by atoms with Gasteiger partial charge < -0.3 is 9.26 Å². The molecular formula is C17H21N3O2. The van der Waals surface area contributed by atoms with Gasteiger partial charge in [0, 0.05) is 24.1 Å². The Kier molecular flexibility index (Phi) is 3.01. The molecule has 0 aliphatic carbocycles. The second-order valence-corrected chi connectivity index (χ2v) is 7.05. The van der Waals surface area contributed by atoms with Crippen molar-refractivity contribution < 1.29 is 9.26 Å². The fraction of sp³-hybridized carbons (Fsp3) is 0.529. The molecule has 22 heavy (non-hydrogen) atoms. The molecule has 0 radical (unpaired) electrons. The smallest absolute Gasteiger partial charge is 0.244 e. The van der Waals surface area contributed by atoms with Gasteiger partial charge >= 0.3 is 0 Å². The number of fused-ring (bicyclic) bond motifs is 1. The lowest BCUT2D eigenvalue weighted by Crippen LogP contribution is -2.52. The molecule has 1 fully saturated rings. The molecule has 5 nitrogen and oxygen atoms in total. The molecule has 1 atom stereocenters. The largest absolute Gasteiger partial charge is 0.493 e. The van der Waals surface area contributed by atoms with Gasteiger partial charge in [0.05, 0.1) is 12.6 Å². The van der Waals surface area contributed by atoms with Crippen molar-refractivity contribution >= 4 is 0 Å². The predicted octanol–water partition coefficient (Wildman–Crippen LogP) is 3.22. The first-order chi connectivity index (χ1) is 10.5. The Morgan fingerprint density at radius 2 is 2.14 bits per heavy atom. The van der Waals surface area contributed by atoms with Gasteiger partial charge in [-0.05, 0) is 51.0 Å². The first kappa shape index (κ1) is 13.8. The van der Waals surface area contributed by atoms with Gasteiger partial charge in [-0.3, -0.25) is 4.90 Å². The van der Waals surface area contributed by atoms with Crippen LogP contribution in [0.1, 0.15) is 44.7 Å². The van der Waals surface area contributed by atoms with Crippen molar-refractivity contribution in [3.8, 4) is 17.1 Å². The van der Waals surface area contributed by atoms with E-state index in [0.29, 0.717) is 5.82 Å². The Hall–Kier alpha value is -1.88. The fourth-order valence-electron chi connectivity index (χ4n) is 3.26. The molecule has 5 heteroatoms. The number of nitrogens with zero attached hydrogens (tertiary/aromatic N) is 3. The Bertz CT molecular complexity index is 702. The van der Waals surface area contributed by atoms with Crippen molar-refractivity contribution in [2.45, 2.75) is 45.2 Å². The molecule has 116 valence electrons. The molecular weight excluding hydrogens is 278 g/mol. The van der Waals surface area contributed by atoms with Gasteiger partial charge in [0.1, 0.15) is 5.75 Å². The van der Waals surface area contributed by atoms with Crippen LogP contribution in [0.15, 0.2) is 22.7 Å². The molecule has 0 saturated carbocycles. The Morgan fingerprint density at radius 1 is 1.27 bits per heavy atom. The molecule has 1 aromatic heterocycles. The minimum atomic E-state index is 0.127. The van der Waals surface area contributed by atoms with Crippen molar-refractivity contribution in [2.75, 3.05) is 13.2 Å². The van der Waals surface area contributed by atoms with Gasteiger partial charge in [-0.2, -0.15) is 4.98 Å². The standard InChI is InChI=1S/C17H21N3O2/c1-17(2,3)20-8-6-13(20)16-18-15(19-22-16)12-4-5-14-11(10-12)7-9-21-14/h4-5,10,13H,6-9H2,1-3H3. The monoisotopic (exact) mass is 299 g/mol. The summed E-state index contributed by atoms with van der Waals surface area (Å²) in [4.78, 5) is 7.04. The van der Waals surface area contributed by atoms with E-state index in [1.165, 1.54) is 5.56 Å². The molecule has 1 unspecified atom stereocenters. The van der Waals surface area contributed by atoms with Crippen LogP contribution in [0.3, 0.4) is 0 Å². The maximum absolute atomic E-state index is 5.54. The summed E-state index contributed by atoms with van der Waals surface area (Å²) in [5.41, 5.74) is 2.35. The Labute approximate surface area is 130 Å². The van der Waals surface area contributed by atoms with Crippen LogP contribution < -0.4 is 4.74 Å². The highest BCUT2D eigenvalue weighted by Gasteiger charge is 2.40. The third-order valence-electron chi connectivity index (χ3n) is 4.56. The predicted molar refractivity (Wildman–Crippen MR) is 82.8 cm³/mol. The lowest BCUT2D eigenvalue weighted by atomic mass is 9.93. The maximum atomic E-state index is 5.54. The second-order valence-electron chi connectivity index (χ2n) is 7.05. The average Bonchev–Trinajstić information content (AvgIpc) is 3.02. The number of rotatable bonds is 2. The van der Waals surface area contributed by atoms with Crippen LogP contribution in [0.2, 0.25) is 0 Å². The summed E-state index contributed by atoms with van der Waals surface area (Å²) in [6.07, 6.45) is 2.03. The lowest BCUT2D eigenvalue weighted by Gasteiger charge is -2.47. The Morgan fingerprint density at radius 3 is 2.86 bits per heavy atom. The molecule has 1 aromatic carbocycles. The SMILES string of the molecule is CC(C)(C)N1CCC1c1nc(-c2ccc3c(c2)CCO3)no1. The fourth-order valence-corrected chi connectivity index (χ4v) is 3.26. The van der Waals surface area contributed by atoms with Crippen molar-refractivity contribution in [1.82, 2.24) is 15.0 Å². The summed E-state index contributed by atoms with van der Waals surface area (Å²) in [5.74, 6) is 2.38. The van der Waals surface area contributed by atoms with E-state index in [1.807, 2.05) is 12.1 Å². The van der Waals surface area contributed by atoms with Crippen LogP contribution in [0.5, 0.6) is 5.75 Å². The zero-order valence-corrected chi connectivity index (χ0v) is 13.3. The summed E-state index contributed by atoms with van der Waals surface area (Å²) in [5, 5.41) is 4.18. The minimum Gasteiger partial charge on any atom is -0.493 e. The normalized spacial score (nSPS) is 21.3. The highest BCUT2D eigenvalue weighted by atomic mass is 16.5. The molecule has 0 spiro atoms. The van der Waals surface area contributed by atoms with Crippen molar-refractivity contribution in [1.29, 1.82) is 0 Å². The summed E-state index contributed by atoms with van der Waals surface area (Å²) < 4.78 is 11.1. The van der Waals surface area contributed by atoms with Crippen molar-refractivity contribution in [2.24, 2.45) is 0 Å². The summed E-state index contributed by atoms with van der Waals surface area (Å²) in [7, 11) is 0. The number of ether oxygens (including phenoxy) is 1. The van der Waals surface area contributed by atoms with Gasteiger partial charge in [0.15, 0.2) is 0 Å². The van der Waals surface area contributed by atoms with E-state index in [4.69, 9.17) is 9.26 Å². The molecule has 0 amide bonds. The van der Waals surface area contributed by atoms with Crippen LogP contribution in [0.4, 0.5) is 0 Å². The van der Waals surface area contributed by atoms with Crippen molar-refractivity contribution in [3.05, 3.63) is 29.7 Å².